The van der Waals surface area contributed by atoms with Gasteiger partial charge in [0.15, 0.2) is 0 Å². The van der Waals surface area contributed by atoms with Crippen molar-refractivity contribution in [2.75, 3.05) is 11.1 Å². The number of rotatable bonds is 8. The number of hydrogen-bond donors (Lipinski definition) is 2. The number of thiophene rings is 1. The number of nitrogens with zero attached hydrogens (tertiary/aromatic N) is 3. The number of phenolic OH excluding ortho intramolecular Hbond substituents is 1. The molecule has 0 bridgehead atoms. The van der Waals surface area contributed by atoms with Crippen molar-refractivity contribution in [1.29, 1.82) is 5.26 Å². The minimum Gasteiger partial charge on any atom is -0.508 e. The van der Waals surface area contributed by atoms with E-state index in [0.29, 0.717) is 27.9 Å². The minimum atomic E-state index is -0.268. The zero-order valence-corrected chi connectivity index (χ0v) is 21.2. The van der Waals surface area contributed by atoms with Crippen LogP contribution in [0.5, 0.6) is 5.75 Å². The molecule has 4 aromatic rings. The molecule has 9 heteroatoms. The van der Waals surface area contributed by atoms with Crippen LogP contribution in [0, 0.1) is 24.2 Å². The Balaban J connectivity index is 1.43. The predicted octanol–water partition coefficient (Wildman–Crippen LogP) is 6.28. The lowest BCUT2D eigenvalue weighted by atomic mass is 9.97. The number of carbonyl (C=O) groups excluding carboxylic acids is 1. The smallest absolute Gasteiger partial charge is 0.277 e. The third-order valence-electron chi connectivity index (χ3n) is 5.18. The summed E-state index contributed by atoms with van der Waals surface area (Å²) in [5.74, 6) is 0.808. The van der Waals surface area contributed by atoms with Gasteiger partial charge in [0.25, 0.3) is 5.22 Å². The van der Waals surface area contributed by atoms with Gasteiger partial charge in [0.2, 0.25) is 11.8 Å². The molecule has 0 aliphatic heterocycles. The molecule has 0 saturated heterocycles. The summed E-state index contributed by atoms with van der Waals surface area (Å²) >= 11 is 2.51. The number of nitrogens with one attached hydrogen (secondary N) is 1. The van der Waals surface area contributed by atoms with Gasteiger partial charge in [-0.25, -0.2) is 0 Å². The molecule has 0 saturated carbocycles. The Labute approximate surface area is 211 Å². The molecule has 7 nitrogen and oxygen atoms in total. The van der Waals surface area contributed by atoms with E-state index in [0.717, 1.165) is 34.2 Å². The number of aryl methyl sites for hydroxylation is 1. The second-order valence-electron chi connectivity index (χ2n) is 8.40. The van der Waals surface area contributed by atoms with Gasteiger partial charge in [0.1, 0.15) is 16.8 Å². The normalized spacial score (nSPS) is 10.9. The molecule has 0 atom stereocenters. The Kier molecular flexibility index (Phi) is 7.54. The van der Waals surface area contributed by atoms with Crippen LogP contribution in [0.15, 0.2) is 58.2 Å². The molecular formula is C26H24N4O3S2. The Morgan fingerprint density at radius 3 is 2.49 bits per heavy atom. The highest BCUT2D eigenvalue weighted by Gasteiger charge is 2.20. The lowest BCUT2D eigenvalue weighted by Crippen LogP contribution is -2.13. The summed E-state index contributed by atoms with van der Waals surface area (Å²) in [6.45, 7) is 6.33. The van der Waals surface area contributed by atoms with Gasteiger partial charge in [-0.3, -0.25) is 4.79 Å². The fourth-order valence-electron chi connectivity index (χ4n) is 3.64. The summed E-state index contributed by atoms with van der Waals surface area (Å²) in [4.78, 5) is 13.6. The first kappa shape index (κ1) is 24.5. The highest BCUT2D eigenvalue weighted by Crippen LogP contribution is 2.39. The summed E-state index contributed by atoms with van der Waals surface area (Å²) < 4.78 is 5.60. The van der Waals surface area contributed by atoms with E-state index in [1.165, 1.54) is 29.0 Å². The van der Waals surface area contributed by atoms with Crippen molar-refractivity contribution < 1.29 is 14.3 Å². The Hall–Kier alpha value is -3.61. The van der Waals surface area contributed by atoms with E-state index in [9.17, 15) is 15.2 Å². The SMILES string of the molecule is Cc1sc(NC(=O)CSc2nnc(-c3ccc(O)cc3)o2)c(C#N)c1-c1ccc(CC(C)C)cc1. The largest absolute Gasteiger partial charge is 0.508 e. The van der Waals surface area contributed by atoms with Gasteiger partial charge in [-0.15, -0.1) is 21.5 Å². The molecule has 1 amide bonds. The van der Waals surface area contributed by atoms with E-state index >= 15 is 0 Å². The molecule has 0 aliphatic carbocycles. The van der Waals surface area contributed by atoms with Gasteiger partial charge in [-0.2, -0.15) is 5.26 Å². The number of aromatic nitrogens is 2. The highest BCUT2D eigenvalue weighted by atomic mass is 32.2. The van der Waals surface area contributed by atoms with Crippen LogP contribution in [0.4, 0.5) is 5.00 Å². The van der Waals surface area contributed by atoms with Crippen molar-refractivity contribution in [3.8, 4) is 34.4 Å². The second-order valence-corrected chi connectivity index (χ2v) is 10.6. The molecule has 4 rings (SSSR count). The Bertz CT molecular complexity index is 1370. The quantitative estimate of drug-likeness (QED) is 0.272. The second kappa shape index (κ2) is 10.8. The van der Waals surface area contributed by atoms with E-state index in [2.05, 4.69) is 47.6 Å². The van der Waals surface area contributed by atoms with Crippen molar-refractivity contribution in [2.45, 2.75) is 32.4 Å². The van der Waals surface area contributed by atoms with Crippen molar-refractivity contribution >= 4 is 34.0 Å². The number of carbonyl (C=O) groups is 1. The van der Waals surface area contributed by atoms with Crippen LogP contribution in [-0.2, 0) is 11.2 Å². The predicted molar refractivity (Wildman–Crippen MR) is 139 cm³/mol. The van der Waals surface area contributed by atoms with Crippen molar-refractivity contribution in [3.05, 3.63) is 64.5 Å². The lowest BCUT2D eigenvalue weighted by Gasteiger charge is -2.07. The standard InChI is InChI=1S/C26H24N4O3S2/c1-15(2)12-17-4-6-18(7-5-17)23-16(3)35-25(21(23)13-27)28-22(32)14-34-26-30-29-24(33-26)19-8-10-20(31)11-9-19/h4-11,15,31H,12,14H2,1-3H3,(H,28,32). The number of thioether (sulfide) groups is 1. The van der Waals surface area contributed by atoms with Gasteiger partial charge >= 0.3 is 0 Å². The molecule has 0 spiro atoms. The molecule has 0 unspecified atom stereocenters. The number of anilines is 1. The maximum atomic E-state index is 12.6. The maximum absolute atomic E-state index is 12.6. The van der Waals surface area contributed by atoms with Crippen LogP contribution in [0.25, 0.3) is 22.6 Å². The van der Waals surface area contributed by atoms with E-state index in [1.807, 2.05) is 19.1 Å². The molecule has 178 valence electrons. The van der Waals surface area contributed by atoms with Gasteiger partial charge in [0, 0.05) is 16.0 Å². The highest BCUT2D eigenvalue weighted by molar-refractivity contribution is 7.99. The lowest BCUT2D eigenvalue weighted by molar-refractivity contribution is -0.113. The van der Waals surface area contributed by atoms with E-state index in [-0.39, 0.29) is 22.6 Å². The summed E-state index contributed by atoms with van der Waals surface area (Å²) in [5.41, 5.74) is 4.21. The number of aromatic hydroxyl groups is 1. The monoisotopic (exact) mass is 504 g/mol. The molecule has 2 aromatic carbocycles. The van der Waals surface area contributed by atoms with Crippen molar-refractivity contribution in [2.24, 2.45) is 5.92 Å². The topological polar surface area (TPSA) is 112 Å². The molecule has 0 fully saturated rings. The van der Waals surface area contributed by atoms with E-state index in [1.54, 1.807) is 12.1 Å². The van der Waals surface area contributed by atoms with E-state index < -0.39 is 0 Å². The first-order chi connectivity index (χ1) is 16.8. The number of nitriles is 1. The molecule has 2 heterocycles. The van der Waals surface area contributed by atoms with Gasteiger partial charge in [-0.1, -0.05) is 49.9 Å². The van der Waals surface area contributed by atoms with Crippen LogP contribution in [-0.4, -0.2) is 27.0 Å². The average Bonchev–Trinajstić information content (AvgIpc) is 3.42. The average molecular weight is 505 g/mol. The molecule has 2 N–H and O–H groups in total. The van der Waals surface area contributed by atoms with E-state index in [4.69, 9.17) is 4.42 Å². The van der Waals surface area contributed by atoms with Crippen LogP contribution >= 0.6 is 23.1 Å². The Morgan fingerprint density at radius 2 is 1.83 bits per heavy atom. The van der Waals surface area contributed by atoms with Crippen LogP contribution in [0.1, 0.15) is 29.9 Å². The minimum absolute atomic E-state index is 0.0538. The third-order valence-corrected chi connectivity index (χ3v) is 7.02. The van der Waals surface area contributed by atoms with Crippen molar-refractivity contribution in [1.82, 2.24) is 10.2 Å². The van der Waals surface area contributed by atoms with Crippen LogP contribution in [0.3, 0.4) is 0 Å². The number of amides is 1. The van der Waals surface area contributed by atoms with Gasteiger partial charge in [-0.05, 0) is 54.7 Å². The fourth-order valence-corrected chi connectivity index (χ4v) is 5.25. The van der Waals surface area contributed by atoms with Crippen molar-refractivity contribution in [3.63, 3.8) is 0 Å². The third kappa shape index (κ3) is 5.91. The van der Waals surface area contributed by atoms with Gasteiger partial charge in [0.05, 0.1) is 11.3 Å². The molecule has 2 aromatic heterocycles. The summed E-state index contributed by atoms with van der Waals surface area (Å²) in [7, 11) is 0. The number of benzene rings is 2. The molecular weight excluding hydrogens is 480 g/mol. The van der Waals surface area contributed by atoms with Gasteiger partial charge < -0.3 is 14.8 Å². The van der Waals surface area contributed by atoms with Crippen LogP contribution in [0.2, 0.25) is 0 Å². The Morgan fingerprint density at radius 1 is 1.14 bits per heavy atom. The van der Waals surface area contributed by atoms with Crippen LogP contribution < -0.4 is 5.32 Å². The summed E-state index contributed by atoms with van der Waals surface area (Å²) in [5, 5.41) is 30.9. The summed E-state index contributed by atoms with van der Waals surface area (Å²) in [6, 6.07) is 16.9. The molecule has 35 heavy (non-hydrogen) atoms. The number of phenols is 1. The first-order valence-electron chi connectivity index (χ1n) is 11.0. The zero-order chi connectivity index (χ0) is 24.9. The molecule has 0 radical (unpaired) electrons. The summed E-state index contributed by atoms with van der Waals surface area (Å²) in [6.07, 6.45) is 1.00. The molecule has 0 aliphatic rings. The first-order valence-corrected chi connectivity index (χ1v) is 12.8. The number of hydrogen-bond acceptors (Lipinski definition) is 8. The fraction of sp³-hybridized carbons (Fsp3) is 0.231. The zero-order valence-electron chi connectivity index (χ0n) is 19.5. The maximum Gasteiger partial charge on any atom is 0.277 e.